The Kier molecular flexibility index (Phi) is 5.83. The molecule has 28 heavy (non-hydrogen) atoms. The fourth-order valence-corrected chi connectivity index (χ4v) is 4.44. The standard InChI is InChI=1S/C21H21N3O2S2/c25-19(11-17-13-28-21(23-17)15-8-9-27-12-15)24-18(20(26)22-16-6-7-16)10-14-4-2-1-3-5-14/h1-5,8-9,12-13,16,18H,6-7,10-11H2,(H,22,26)(H,24,25). The van der Waals surface area contributed by atoms with Crippen LogP contribution in [0.1, 0.15) is 24.1 Å². The number of thiophene rings is 1. The summed E-state index contributed by atoms with van der Waals surface area (Å²) in [6, 6.07) is 11.5. The highest BCUT2D eigenvalue weighted by atomic mass is 32.1. The van der Waals surface area contributed by atoms with Gasteiger partial charge in [0.05, 0.1) is 12.1 Å². The number of nitrogens with zero attached hydrogens (tertiary/aromatic N) is 1. The van der Waals surface area contributed by atoms with Crippen LogP contribution in [0.25, 0.3) is 10.6 Å². The predicted molar refractivity (Wildman–Crippen MR) is 112 cm³/mol. The van der Waals surface area contributed by atoms with Gasteiger partial charge in [-0.25, -0.2) is 4.98 Å². The molecule has 0 aliphatic heterocycles. The van der Waals surface area contributed by atoms with Gasteiger partial charge in [-0.05, 0) is 29.9 Å². The minimum Gasteiger partial charge on any atom is -0.352 e. The van der Waals surface area contributed by atoms with Crippen molar-refractivity contribution in [2.45, 2.75) is 37.8 Å². The lowest BCUT2D eigenvalue weighted by molar-refractivity contribution is -0.128. The number of rotatable bonds is 8. The van der Waals surface area contributed by atoms with Crippen molar-refractivity contribution < 1.29 is 9.59 Å². The van der Waals surface area contributed by atoms with E-state index in [9.17, 15) is 9.59 Å². The second kappa shape index (κ2) is 8.67. The van der Waals surface area contributed by atoms with E-state index in [1.54, 1.807) is 11.3 Å². The summed E-state index contributed by atoms with van der Waals surface area (Å²) in [5, 5.41) is 12.8. The predicted octanol–water partition coefficient (Wildman–Crippen LogP) is 3.42. The zero-order valence-corrected chi connectivity index (χ0v) is 16.9. The molecule has 1 atom stereocenters. The van der Waals surface area contributed by atoms with Gasteiger partial charge >= 0.3 is 0 Å². The number of aromatic nitrogens is 1. The highest BCUT2D eigenvalue weighted by Gasteiger charge is 2.28. The van der Waals surface area contributed by atoms with E-state index in [0.29, 0.717) is 6.42 Å². The summed E-state index contributed by atoms with van der Waals surface area (Å²) < 4.78 is 0. The Hall–Kier alpha value is -2.51. The van der Waals surface area contributed by atoms with Crippen LogP contribution in [0.5, 0.6) is 0 Å². The van der Waals surface area contributed by atoms with E-state index in [1.807, 2.05) is 52.5 Å². The van der Waals surface area contributed by atoms with Gasteiger partial charge < -0.3 is 10.6 Å². The van der Waals surface area contributed by atoms with Crippen LogP contribution in [0.3, 0.4) is 0 Å². The summed E-state index contributed by atoms with van der Waals surface area (Å²) in [6.07, 6.45) is 2.68. The first-order valence-electron chi connectivity index (χ1n) is 9.28. The minimum atomic E-state index is -0.578. The van der Waals surface area contributed by atoms with E-state index in [-0.39, 0.29) is 24.3 Å². The van der Waals surface area contributed by atoms with Gasteiger partial charge in [-0.15, -0.1) is 11.3 Å². The molecule has 5 nitrogen and oxygen atoms in total. The molecule has 0 bridgehead atoms. The van der Waals surface area contributed by atoms with Crippen LogP contribution in [0, 0.1) is 0 Å². The number of benzene rings is 1. The summed E-state index contributed by atoms with van der Waals surface area (Å²) in [5.74, 6) is -0.300. The van der Waals surface area contributed by atoms with Crippen LogP contribution < -0.4 is 10.6 Å². The van der Waals surface area contributed by atoms with Crippen molar-refractivity contribution in [3.05, 3.63) is 63.8 Å². The van der Waals surface area contributed by atoms with Gasteiger partial charge in [-0.2, -0.15) is 11.3 Å². The van der Waals surface area contributed by atoms with Crippen LogP contribution in [-0.4, -0.2) is 28.9 Å². The molecule has 1 unspecified atom stereocenters. The summed E-state index contributed by atoms with van der Waals surface area (Å²) in [7, 11) is 0. The Labute approximate surface area is 171 Å². The lowest BCUT2D eigenvalue weighted by Crippen LogP contribution is -2.49. The van der Waals surface area contributed by atoms with Gasteiger partial charge in [0.25, 0.3) is 0 Å². The average Bonchev–Trinajstić information content (AvgIpc) is 3.15. The van der Waals surface area contributed by atoms with Crippen LogP contribution in [-0.2, 0) is 22.4 Å². The number of nitrogens with one attached hydrogen (secondary N) is 2. The molecule has 2 amide bonds. The maximum absolute atomic E-state index is 12.6. The fraction of sp³-hybridized carbons (Fsp3) is 0.286. The quantitative estimate of drug-likeness (QED) is 0.597. The van der Waals surface area contributed by atoms with Crippen molar-refractivity contribution >= 4 is 34.5 Å². The highest BCUT2D eigenvalue weighted by molar-refractivity contribution is 7.14. The highest BCUT2D eigenvalue weighted by Crippen LogP contribution is 2.25. The van der Waals surface area contributed by atoms with Crippen LogP contribution in [0.15, 0.2) is 52.5 Å². The molecule has 0 spiro atoms. The molecule has 1 saturated carbocycles. The number of amides is 2. The van der Waals surface area contributed by atoms with Gasteiger partial charge in [0.15, 0.2) is 0 Å². The Morgan fingerprint density at radius 3 is 2.68 bits per heavy atom. The van der Waals surface area contributed by atoms with E-state index in [0.717, 1.165) is 34.7 Å². The normalized spacial score (nSPS) is 14.4. The summed E-state index contributed by atoms with van der Waals surface area (Å²) in [6.45, 7) is 0. The Morgan fingerprint density at radius 1 is 1.14 bits per heavy atom. The molecule has 7 heteroatoms. The van der Waals surface area contributed by atoms with Gasteiger partial charge in [0.2, 0.25) is 11.8 Å². The number of hydrogen-bond donors (Lipinski definition) is 2. The lowest BCUT2D eigenvalue weighted by atomic mass is 10.0. The van der Waals surface area contributed by atoms with Crippen molar-refractivity contribution in [3.8, 4) is 10.6 Å². The molecular weight excluding hydrogens is 390 g/mol. The fourth-order valence-electron chi connectivity index (χ4n) is 2.91. The summed E-state index contributed by atoms with van der Waals surface area (Å²) in [5.41, 5.74) is 2.82. The van der Waals surface area contributed by atoms with Crippen LogP contribution in [0.2, 0.25) is 0 Å². The van der Waals surface area contributed by atoms with Crippen LogP contribution >= 0.6 is 22.7 Å². The Bertz CT molecular complexity index is 934. The van der Waals surface area contributed by atoms with Crippen molar-refractivity contribution in [2.24, 2.45) is 0 Å². The largest absolute Gasteiger partial charge is 0.352 e. The van der Waals surface area contributed by atoms with Gasteiger partial charge in [-0.1, -0.05) is 30.3 Å². The number of carbonyl (C=O) groups excluding carboxylic acids is 2. The smallest absolute Gasteiger partial charge is 0.243 e. The van der Waals surface area contributed by atoms with Crippen molar-refractivity contribution in [1.29, 1.82) is 0 Å². The van der Waals surface area contributed by atoms with Gasteiger partial charge in [-0.3, -0.25) is 9.59 Å². The first-order valence-corrected chi connectivity index (χ1v) is 11.1. The zero-order chi connectivity index (χ0) is 19.3. The van der Waals surface area contributed by atoms with Crippen LogP contribution in [0.4, 0.5) is 0 Å². The molecule has 3 aromatic rings. The molecule has 144 valence electrons. The van der Waals surface area contributed by atoms with E-state index in [1.165, 1.54) is 11.3 Å². The maximum Gasteiger partial charge on any atom is 0.243 e. The maximum atomic E-state index is 12.6. The molecule has 1 aliphatic rings. The zero-order valence-electron chi connectivity index (χ0n) is 15.3. The number of thiazole rings is 1. The second-order valence-corrected chi connectivity index (χ2v) is 8.56. The lowest BCUT2D eigenvalue weighted by Gasteiger charge is -2.18. The van der Waals surface area contributed by atoms with E-state index in [4.69, 9.17) is 0 Å². The molecule has 1 fully saturated rings. The van der Waals surface area contributed by atoms with E-state index >= 15 is 0 Å². The molecule has 2 N–H and O–H groups in total. The average molecular weight is 412 g/mol. The van der Waals surface area contributed by atoms with E-state index in [2.05, 4.69) is 15.6 Å². The summed E-state index contributed by atoms with van der Waals surface area (Å²) >= 11 is 3.15. The molecule has 1 aromatic carbocycles. The first kappa shape index (κ1) is 18.8. The van der Waals surface area contributed by atoms with Gasteiger partial charge in [0.1, 0.15) is 11.0 Å². The Balaban J connectivity index is 1.40. The van der Waals surface area contributed by atoms with Gasteiger partial charge in [0, 0.05) is 28.8 Å². The monoisotopic (exact) mass is 411 g/mol. The third-order valence-corrected chi connectivity index (χ3v) is 6.14. The third-order valence-electron chi connectivity index (χ3n) is 4.52. The van der Waals surface area contributed by atoms with E-state index < -0.39 is 6.04 Å². The molecular formula is C21H21N3O2S2. The molecule has 1 aliphatic carbocycles. The SMILES string of the molecule is O=C(Cc1csc(-c2ccsc2)n1)NC(Cc1ccccc1)C(=O)NC1CC1. The number of hydrogen-bond acceptors (Lipinski definition) is 5. The molecule has 2 aromatic heterocycles. The molecule has 0 radical (unpaired) electrons. The third kappa shape index (κ3) is 5.05. The first-order chi connectivity index (χ1) is 13.7. The van der Waals surface area contributed by atoms with Crippen molar-refractivity contribution in [1.82, 2.24) is 15.6 Å². The Morgan fingerprint density at radius 2 is 1.96 bits per heavy atom. The topological polar surface area (TPSA) is 71.1 Å². The molecule has 0 saturated heterocycles. The molecule has 4 rings (SSSR count). The number of carbonyl (C=O) groups is 2. The summed E-state index contributed by atoms with van der Waals surface area (Å²) in [4.78, 5) is 29.7. The molecule has 2 heterocycles. The minimum absolute atomic E-state index is 0.114. The van der Waals surface area contributed by atoms with Crippen molar-refractivity contribution in [2.75, 3.05) is 0 Å². The second-order valence-electron chi connectivity index (χ2n) is 6.93. The van der Waals surface area contributed by atoms with Crippen molar-refractivity contribution in [3.63, 3.8) is 0 Å².